The molecule has 0 saturated carbocycles. The quantitative estimate of drug-likeness (QED) is 0.531. The molecule has 0 aliphatic rings. The van der Waals surface area contributed by atoms with Gasteiger partial charge in [-0.05, 0) is 58.4 Å². The Bertz CT molecular complexity index is 637. The van der Waals surface area contributed by atoms with E-state index in [0.29, 0.717) is 17.9 Å². The molecule has 2 N–H and O–H groups in total. The maximum atomic E-state index is 12.1. The van der Waals surface area contributed by atoms with Crippen LogP contribution in [0.3, 0.4) is 0 Å². The summed E-state index contributed by atoms with van der Waals surface area (Å²) in [6.07, 6.45) is -1.01. The van der Waals surface area contributed by atoms with Gasteiger partial charge in [0.05, 0.1) is 7.11 Å². The Morgan fingerprint density at radius 2 is 1.74 bits per heavy atom. The Hall–Kier alpha value is -2.77. The summed E-state index contributed by atoms with van der Waals surface area (Å²) in [5, 5.41) is 5.21. The van der Waals surface area contributed by atoms with E-state index in [9.17, 15) is 14.4 Å². The highest BCUT2D eigenvalue weighted by Gasteiger charge is 2.18. The van der Waals surface area contributed by atoms with E-state index in [-0.39, 0.29) is 13.0 Å². The molecular weight excluding hydrogens is 352 g/mol. The van der Waals surface area contributed by atoms with Crippen LogP contribution in [0.25, 0.3) is 0 Å². The number of carbonyl (C=O) groups is 3. The molecule has 150 valence electrons. The number of carbonyl (C=O) groups excluding carboxylic acids is 3. The van der Waals surface area contributed by atoms with E-state index in [1.165, 1.54) is 6.92 Å². The molecule has 1 rings (SSSR count). The predicted molar refractivity (Wildman–Crippen MR) is 101 cm³/mol. The van der Waals surface area contributed by atoms with Crippen molar-refractivity contribution in [3.63, 3.8) is 0 Å². The predicted octanol–water partition coefficient (Wildman–Crippen LogP) is 2.87. The van der Waals surface area contributed by atoms with Crippen LogP contribution in [0, 0.1) is 0 Å². The van der Waals surface area contributed by atoms with Gasteiger partial charge in [-0.25, -0.2) is 4.79 Å². The van der Waals surface area contributed by atoms with Crippen molar-refractivity contribution < 1.29 is 28.6 Å². The summed E-state index contributed by atoms with van der Waals surface area (Å²) in [6, 6.07) is 6.80. The number of methoxy groups -OCH3 is 1. The van der Waals surface area contributed by atoms with Gasteiger partial charge in [0.25, 0.3) is 5.91 Å². The first-order valence-electron chi connectivity index (χ1n) is 8.72. The first-order chi connectivity index (χ1) is 12.6. The van der Waals surface area contributed by atoms with Crippen LogP contribution in [0.15, 0.2) is 24.3 Å². The van der Waals surface area contributed by atoms with E-state index in [2.05, 4.69) is 10.6 Å². The summed E-state index contributed by atoms with van der Waals surface area (Å²) >= 11 is 0. The van der Waals surface area contributed by atoms with Gasteiger partial charge in [0.1, 0.15) is 11.4 Å². The van der Waals surface area contributed by atoms with Crippen molar-refractivity contribution in [2.24, 2.45) is 0 Å². The minimum absolute atomic E-state index is 0.0793. The van der Waals surface area contributed by atoms with Gasteiger partial charge in [-0.2, -0.15) is 0 Å². The van der Waals surface area contributed by atoms with Crippen molar-refractivity contribution in [2.75, 3.05) is 19.0 Å². The fourth-order valence-electron chi connectivity index (χ4n) is 1.97. The molecule has 0 aromatic heterocycles. The summed E-state index contributed by atoms with van der Waals surface area (Å²) in [6.45, 7) is 7.07. The minimum atomic E-state index is -0.932. The molecule has 0 saturated heterocycles. The summed E-state index contributed by atoms with van der Waals surface area (Å²) < 4.78 is 15.2. The van der Waals surface area contributed by atoms with Crippen LogP contribution in [-0.4, -0.2) is 43.3 Å². The van der Waals surface area contributed by atoms with Crippen molar-refractivity contribution in [3.8, 4) is 5.75 Å². The standard InChI is InChI=1S/C19H28N2O6/c1-13(17(23)21-14-8-10-15(25-5)11-9-14)26-16(22)7-6-12-20-18(24)27-19(2,3)4/h8-11,13H,6-7,12H2,1-5H3,(H,20,24)(H,21,23)/t13-/m0/s1. The molecule has 1 aromatic rings. The van der Waals surface area contributed by atoms with Crippen LogP contribution in [-0.2, 0) is 19.1 Å². The van der Waals surface area contributed by atoms with Crippen LogP contribution in [0.5, 0.6) is 5.75 Å². The second-order valence-electron chi connectivity index (χ2n) is 6.88. The first kappa shape index (κ1) is 22.3. The zero-order valence-corrected chi connectivity index (χ0v) is 16.5. The van der Waals surface area contributed by atoms with Crippen LogP contribution in [0.4, 0.5) is 10.5 Å². The topological polar surface area (TPSA) is 103 Å². The normalized spacial score (nSPS) is 11.9. The molecule has 0 bridgehead atoms. The molecule has 27 heavy (non-hydrogen) atoms. The van der Waals surface area contributed by atoms with Crippen LogP contribution in [0.2, 0.25) is 0 Å². The molecule has 0 aliphatic carbocycles. The highest BCUT2D eigenvalue weighted by atomic mass is 16.6. The zero-order chi connectivity index (χ0) is 20.4. The van der Waals surface area contributed by atoms with Crippen molar-refractivity contribution >= 4 is 23.7 Å². The Balaban J connectivity index is 2.28. The Morgan fingerprint density at radius 1 is 1.11 bits per heavy atom. The van der Waals surface area contributed by atoms with Gasteiger partial charge in [0.15, 0.2) is 6.10 Å². The number of esters is 1. The molecule has 0 heterocycles. The Labute approximate surface area is 159 Å². The number of nitrogens with one attached hydrogen (secondary N) is 2. The van der Waals surface area contributed by atoms with Gasteiger partial charge in [0.2, 0.25) is 0 Å². The molecule has 1 atom stereocenters. The SMILES string of the molecule is COc1ccc(NC(=O)[C@H](C)OC(=O)CCCNC(=O)OC(C)(C)C)cc1. The van der Waals surface area contributed by atoms with Gasteiger partial charge >= 0.3 is 12.1 Å². The van der Waals surface area contributed by atoms with Gasteiger partial charge < -0.3 is 24.8 Å². The third-order valence-corrected chi connectivity index (χ3v) is 3.26. The van der Waals surface area contributed by atoms with E-state index in [4.69, 9.17) is 14.2 Å². The monoisotopic (exact) mass is 380 g/mol. The second kappa shape index (κ2) is 10.4. The number of ether oxygens (including phenoxy) is 3. The highest BCUT2D eigenvalue weighted by molar-refractivity contribution is 5.95. The maximum Gasteiger partial charge on any atom is 0.407 e. The zero-order valence-electron chi connectivity index (χ0n) is 16.5. The highest BCUT2D eigenvalue weighted by Crippen LogP contribution is 2.15. The lowest BCUT2D eigenvalue weighted by Gasteiger charge is -2.19. The van der Waals surface area contributed by atoms with Crippen molar-refractivity contribution in [2.45, 2.75) is 52.2 Å². The van der Waals surface area contributed by atoms with Crippen LogP contribution in [0.1, 0.15) is 40.5 Å². The van der Waals surface area contributed by atoms with E-state index in [0.717, 1.165) is 0 Å². The third-order valence-electron chi connectivity index (χ3n) is 3.26. The lowest BCUT2D eigenvalue weighted by Crippen LogP contribution is -2.33. The molecule has 8 heteroatoms. The fraction of sp³-hybridized carbons (Fsp3) is 0.526. The number of amides is 2. The first-order valence-corrected chi connectivity index (χ1v) is 8.72. The number of hydrogen-bond donors (Lipinski definition) is 2. The summed E-state index contributed by atoms with van der Waals surface area (Å²) in [7, 11) is 1.55. The summed E-state index contributed by atoms with van der Waals surface area (Å²) in [4.78, 5) is 35.3. The molecule has 1 aromatic carbocycles. The molecular formula is C19H28N2O6. The molecule has 8 nitrogen and oxygen atoms in total. The lowest BCUT2D eigenvalue weighted by molar-refractivity contribution is -0.153. The second-order valence-corrected chi connectivity index (χ2v) is 6.88. The van der Waals surface area contributed by atoms with E-state index < -0.39 is 29.7 Å². The summed E-state index contributed by atoms with van der Waals surface area (Å²) in [5.41, 5.74) is 0.000596. The van der Waals surface area contributed by atoms with Crippen molar-refractivity contribution in [3.05, 3.63) is 24.3 Å². The molecule has 0 unspecified atom stereocenters. The third kappa shape index (κ3) is 9.48. The number of hydrogen-bond acceptors (Lipinski definition) is 6. The van der Waals surface area contributed by atoms with Gasteiger partial charge in [0, 0.05) is 18.7 Å². The van der Waals surface area contributed by atoms with Crippen LogP contribution < -0.4 is 15.4 Å². The maximum absolute atomic E-state index is 12.1. The molecule has 0 aliphatic heterocycles. The lowest BCUT2D eigenvalue weighted by atomic mass is 10.2. The Morgan fingerprint density at radius 3 is 2.30 bits per heavy atom. The van der Waals surface area contributed by atoms with Gasteiger partial charge in [-0.3, -0.25) is 9.59 Å². The summed E-state index contributed by atoms with van der Waals surface area (Å²) in [5.74, 6) is -0.272. The van der Waals surface area contributed by atoms with Gasteiger partial charge in [-0.15, -0.1) is 0 Å². The molecule has 0 radical (unpaired) electrons. The molecule has 0 fully saturated rings. The van der Waals surface area contributed by atoms with E-state index in [1.807, 2.05) is 0 Å². The smallest absolute Gasteiger partial charge is 0.407 e. The number of alkyl carbamates (subject to hydrolysis) is 1. The van der Waals surface area contributed by atoms with E-state index >= 15 is 0 Å². The average Bonchev–Trinajstić information content (AvgIpc) is 2.57. The van der Waals surface area contributed by atoms with E-state index in [1.54, 1.807) is 52.1 Å². The van der Waals surface area contributed by atoms with Crippen molar-refractivity contribution in [1.82, 2.24) is 5.32 Å². The minimum Gasteiger partial charge on any atom is -0.497 e. The number of rotatable bonds is 8. The Kier molecular flexibility index (Phi) is 8.58. The van der Waals surface area contributed by atoms with Crippen LogP contribution >= 0.6 is 0 Å². The number of anilines is 1. The number of benzene rings is 1. The molecule has 2 amide bonds. The largest absolute Gasteiger partial charge is 0.497 e. The van der Waals surface area contributed by atoms with Crippen molar-refractivity contribution in [1.29, 1.82) is 0 Å². The van der Waals surface area contributed by atoms with Gasteiger partial charge in [-0.1, -0.05) is 0 Å². The molecule has 0 spiro atoms. The average molecular weight is 380 g/mol. The fourth-order valence-corrected chi connectivity index (χ4v) is 1.97.